The van der Waals surface area contributed by atoms with Crippen LogP contribution in [0.3, 0.4) is 0 Å². The summed E-state index contributed by atoms with van der Waals surface area (Å²) in [7, 11) is 0. The van der Waals surface area contributed by atoms with Gasteiger partial charge in [-0.1, -0.05) is 36.4 Å². The van der Waals surface area contributed by atoms with Crippen molar-refractivity contribution in [2.75, 3.05) is 0 Å². The van der Waals surface area contributed by atoms with E-state index in [1.54, 1.807) is 12.1 Å². The Balaban J connectivity index is 2.01. The first-order valence-corrected chi connectivity index (χ1v) is 5.45. The fraction of sp³-hybridized carbons (Fsp3) is 0.286. The standard InChI is InChI=1S/C14H15F/c15-14-10-8-13(9-11-14)7-6-12-4-2-1-3-5-12/h2,4,6-12H,1,3,5H2/t12-/m0/s1. The van der Waals surface area contributed by atoms with Crippen molar-refractivity contribution in [1.82, 2.24) is 0 Å². The third-order valence-electron chi connectivity index (χ3n) is 2.70. The second-order valence-electron chi connectivity index (χ2n) is 3.93. The van der Waals surface area contributed by atoms with E-state index in [0.29, 0.717) is 5.92 Å². The van der Waals surface area contributed by atoms with Crippen molar-refractivity contribution in [2.24, 2.45) is 5.92 Å². The number of hydrogen-bond donors (Lipinski definition) is 0. The van der Waals surface area contributed by atoms with Gasteiger partial charge in [0.1, 0.15) is 5.82 Å². The molecule has 0 unspecified atom stereocenters. The van der Waals surface area contributed by atoms with Crippen LogP contribution >= 0.6 is 0 Å². The average Bonchev–Trinajstić information content (AvgIpc) is 2.30. The largest absolute Gasteiger partial charge is 0.207 e. The monoisotopic (exact) mass is 202 g/mol. The lowest BCUT2D eigenvalue weighted by Gasteiger charge is -2.11. The molecule has 0 nitrogen and oxygen atoms in total. The van der Waals surface area contributed by atoms with Gasteiger partial charge < -0.3 is 0 Å². The minimum absolute atomic E-state index is 0.176. The predicted molar refractivity (Wildman–Crippen MR) is 61.9 cm³/mol. The molecule has 0 radical (unpaired) electrons. The van der Waals surface area contributed by atoms with E-state index in [2.05, 4.69) is 24.3 Å². The lowest BCUT2D eigenvalue weighted by molar-refractivity contribution is 0.627. The van der Waals surface area contributed by atoms with Crippen LogP contribution in [-0.4, -0.2) is 0 Å². The van der Waals surface area contributed by atoms with Crippen LogP contribution in [0.4, 0.5) is 4.39 Å². The van der Waals surface area contributed by atoms with Crippen LogP contribution in [0.2, 0.25) is 0 Å². The Kier molecular flexibility index (Phi) is 3.33. The van der Waals surface area contributed by atoms with E-state index < -0.39 is 0 Å². The van der Waals surface area contributed by atoms with E-state index in [1.807, 2.05) is 0 Å². The highest BCUT2D eigenvalue weighted by Crippen LogP contribution is 2.19. The molecule has 0 aromatic heterocycles. The molecule has 1 aromatic rings. The molecular weight excluding hydrogens is 187 g/mol. The van der Waals surface area contributed by atoms with Gasteiger partial charge in [0.05, 0.1) is 0 Å². The van der Waals surface area contributed by atoms with Crippen LogP contribution in [0, 0.1) is 11.7 Å². The van der Waals surface area contributed by atoms with Gasteiger partial charge in [-0.05, 0) is 42.9 Å². The van der Waals surface area contributed by atoms with Crippen LogP contribution in [0.1, 0.15) is 24.8 Å². The number of hydrogen-bond acceptors (Lipinski definition) is 0. The van der Waals surface area contributed by atoms with Crippen molar-refractivity contribution in [3.05, 3.63) is 53.9 Å². The molecular formula is C14H15F. The van der Waals surface area contributed by atoms with Crippen molar-refractivity contribution in [3.63, 3.8) is 0 Å². The summed E-state index contributed by atoms with van der Waals surface area (Å²) in [5.74, 6) is 0.383. The molecule has 0 bridgehead atoms. The zero-order valence-electron chi connectivity index (χ0n) is 8.70. The van der Waals surface area contributed by atoms with Crippen molar-refractivity contribution >= 4 is 6.08 Å². The highest BCUT2D eigenvalue weighted by atomic mass is 19.1. The molecule has 1 aromatic carbocycles. The first kappa shape index (κ1) is 10.2. The molecule has 78 valence electrons. The SMILES string of the molecule is Fc1ccc(C=C[C@H]2C=CCCC2)cc1. The van der Waals surface area contributed by atoms with Crippen LogP contribution in [0.5, 0.6) is 0 Å². The Hall–Kier alpha value is -1.37. The Morgan fingerprint density at radius 2 is 2.00 bits per heavy atom. The van der Waals surface area contributed by atoms with Crippen LogP contribution in [0.25, 0.3) is 6.08 Å². The number of halogens is 1. The Bertz CT molecular complexity index is 359. The van der Waals surface area contributed by atoms with E-state index in [0.717, 1.165) is 5.56 Å². The van der Waals surface area contributed by atoms with Crippen molar-refractivity contribution < 1.29 is 4.39 Å². The van der Waals surface area contributed by atoms with E-state index >= 15 is 0 Å². The Morgan fingerprint density at radius 3 is 2.67 bits per heavy atom. The van der Waals surface area contributed by atoms with Gasteiger partial charge in [-0.15, -0.1) is 0 Å². The van der Waals surface area contributed by atoms with Gasteiger partial charge in [0.15, 0.2) is 0 Å². The molecule has 1 atom stereocenters. The minimum atomic E-state index is -0.176. The molecule has 0 N–H and O–H groups in total. The van der Waals surface area contributed by atoms with Gasteiger partial charge in [-0.2, -0.15) is 0 Å². The number of allylic oxidation sites excluding steroid dienone is 3. The number of benzene rings is 1. The fourth-order valence-corrected chi connectivity index (χ4v) is 1.81. The quantitative estimate of drug-likeness (QED) is 0.631. The molecule has 1 heteroatoms. The maximum absolute atomic E-state index is 12.6. The third-order valence-corrected chi connectivity index (χ3v) is 2.70. The van der Waals surface area contributed by atoms with Crippen molar-refractivity contribution in [2.45, 2.75) is 19.3 Å². The zero-order chi connectivity index (χ0) is 10.5. The molecule has 0 heterocycles. The van der Waals surface area contributed by atoms with E-state index in [9.17, 15) is 4.39 Å². The summed E-state index contributed by atoms with van der Waals surface area (Å²) in [6.45, 7) is 0. The maximum atomic E-state index is 12.6. The molecule has 15 heavy (non-hydrogen) atoms. The molecule has 1 aliphatic rings. The van der Waals surface area contributed by atoms with Gasteiger partial charge >= 0.3 is 0 Å². The third kappa shape index (κ3) is 3.05. The van der Waals surface area contributed by atoms with E-state index in [1.165, 1.54) is 31.4 Å². The summed E-state index contributed by atoms with van der Waals surface area (Å²) in [5, 5.41) is 0. The van der Waals surface area contributed by atoms with Gasteiger partial charge in [-0.3, -0.25) is 0 Å². The summed E-state index contributed by atoms with van der Waals surface area (Å²) in [4.78, 5) is 0. The smallest absolute Gasteiger partial charge is 0.123 e. The first-order chi connectivity index (χ1) is 7.34. The Labute approximate surface area is 90.1 Å². The topological polar surface area (TPSA) is 0 Å². The molecule has 0 spiro atoms. The molecule has 0 saturated carbocycles. The lowest BCUT2D eigenvalue weighted by atomic mass is 9.95. The molecule has 0 fully saturated rings. The van der Waals surface area contributed by atoms with Gasteiger partial charge in [0.2, 0.25) is 0 Å². The minimum Gasteiger partial charge on any atom is -0.207 e. The molecule has 1 aliphatic carbocycles. The lowest BCUT2D eigenvalue weighted by Crippen LogP contribution is -1.95. The van der Waals surface area contributed by atoms with Gasteiger partial charge in [-0.25, -0.2) is 4.39 Å². The van der Waals surface area contributed by atoms with Crippen LogP contribution in [-0.2, 0) is 0 Å². The molecule has 2 rings (SSSR count). The highest BCUT2D eigenvalue weighted by molar-refractivity contribution is 5.49. The maximum Gasteiger partial charge on any atom is 0.123 e. The van der Waals surface area contributed by atoms with E-state index in [4.69, 9.17) is 0 Å². The fourth-order valence-electron chi connectivity index (χ4n) is 1.81. The molecule has 0 amide bonds. The van der Waals surface area contributed by atoms with Gasteiger partial charge in [0, 0.05) is 0 Å². The number of rotatable bonds is 2. The zero-order valence-corrected chi connectivity index (χ0v) is 8.70. The summed E-state index contributed by atoms with van der Waals surface area (Å²) in [5.41, 5.74) is 1.07. The average molecular weight is 202 g/mol. The molecule has 0 aliphatic heterocycles. The highest BCUT2D eigenvalue weighted by Gasteiger charge is 2.03. The predicted octanol–water partition coefficient (Wildman–Crippen LogP) is 4.20. The second kappa shape index (κ2) is 4.92. The Morgan fingerprint density at radius 1 is 1.20 bits per heavy atom. The van der Waals surface area contributed by atoms with Crippen molar-refractivity contribution in [3.8, 4) is 0 Å². The van der Waals surface area contributed by atoms with Crippen LogP contribution in [0.15, 0.2) is 42.5 Å². The summed E-state index contributed by atoms with van der Waals surface area (Å²) in [6, 6.07) is 6.60. The summed E-state index contributed by atoms with van der Waals surface area (Å²) < 4.78 is 12.6. The summed E-state index contributed by atoms with van der Waals surface area (Å²) >= 11 is 0. The summed E-state index contributed by atoms with van der Waals surface area (Å²) in [6.07, 6.45) is 12.5. The van der Waals surface area contributed by atoms with E-state index in [-0.39, 0.29) is 5.82 Å². The van der Waals surface area contributed by atoms with Gasteiger partial charge in [0.25, 0.3) is 0 Å². The van der Waals surface area contributed by atoms with Crippen molar-refractivity contribution in [1.29, 1.82) is 0 Å². The first-order valence-electron chi connectivity index (χ1n) is 5.45. The normalized spacial score (nSPS) is 21.0. The van der Waals surface area contributed by atoms with Crippen LogP contribution < -0.4 is 0 Å². The second-order valence-corrected chi connectivity index (χ2v) is 3.93. The molecule has 0 saturated heterocycles.